The van der Waals surface area contributed by atoms with Crippen LogP contribution in [0.2, 0.25) is 0 Å². The van der Waals surface area contributed by atoms with E-state index in [9.17, 15) is 14.4 Å². The van der Waals surface area contributed by atoms with Gasteiger partial charge in [0.25, 0.3) is 0 Å². The van der Waals surface area contributed by atoms with Crippen molar-refractivity contribution in [1.29, 1.82) is 0 Å². The van der Waals surface area contributed by atoms with Crippen LogP contribution in [0.1, 0.15) is 53.0 Å². The number of Topliss-reactive ketones (excluding diaryl/α,β-unsaturated/α-hetero) is 1. The Hall–Kier alpha value is -1.29. The molecule has 176 valence electrons. The predicted molar refractivity (Wildman–Crippen MR) is 119 cm³/mol. The maximum Gasteiger partial charge on any atom is 0.240 e. The quantitative estimate of drug-likeness (QED) is 0.281. The first kappa shape index (κ1) is 30.7. The van der Waals surface area contributed by atoms with Gasteiger partial charge in [-0.2, -0.15) is 0 Å². The molecule has 0 aliphatic rings. The molecule has 0 bridgehead atoms. The molecule has 1 aromatic heterocycles. The summed E-state index contributed by atoms with van der Waals surface area (Å²) >= 11 is 0. The van der Waals surface area contributed by atoms with E-state index >= 15 is 0 Å². The fourth-order valence-corrected chi connectivity index (χ4v) is 3.72. The summed E-state index contributed by atoms with van der Waals surface area (Å²) in [6.45, 7) is 9.26. The molecule has 1 aromatic carbocycles. The SMILES string of the molecule is CC(C)N[C@@](C)(CCC(N)=O)C(=O)N[C@@H](Cc1c[nH]c2ccccc12)C(=O)C(C)C.[W].[W]. The second kappa shape index (κ2) is 13.4. The number of carbonyl (C=O) groups excluding carboxylic acids is 3. The van der Waals surface area contributed by atoms with Gasteiger partial charge in [-0.15, -0.1) is 0 Å². The largest absolute Gasteiger partial charge is 0.370 e. The van der Waals surface area contributed by atoms with Crippen LogP contribution in [0.3, 0.4) is 0 Å². The second-order valence-corrected chi connectivity index (χ2v) is 8.74. The van der Waals surface area contributed by atoms with Gasteiger partial charge in [0.1, 0.15) is 0 Å². The van der Waals surface area contributed by atoms with Crippen molar-refractivity contribution in [1.82, 2.24) is 15.6 Å². The molecule has 2 rings (SSSR count). The van der Waals surface area contributed by atoms with E-state index in [4.69, 9.17) is 5.73 Å². The average molecular weight is 782 g/mol. The summed E-state index contributed by atoms with van der Waals surface area (Å²) in [6, 6.07) is 7.22. The maximum absolute atomic E-state index is 13.3. The number of amides is 2. The Labute approximate surface area is 218 Å². The Morgan fingerprint density at radius 3 is 2.28 bits per heavy atom. The zero-order valence-corrected chi connectivity index (χ0v) is 25.2. The molecule has 0 radical (unpaired) electrons. The van der Waals surface area contributed by atoms with Crippen molar-refractivity contribution in [2.45, 2.75) is 71.5 Å². The fourth-order valence-electron chi connectivity index (χ4n) is 3.72. The smallest absolute Gasteiger partial charge is 0.240 e. The number of hydrogen-bond acceptors (Lipinski definition) is 4. The number of ketones is 1. The summed E-state index contributed by atoms with van der Waals surface area (Å²) in [5.41, 5.74) is 6.25. The number of carbonyl (C=O) groups is 3. The number of nitrogens with two attached hydrogens (primary N) is 1. The number of fused-ring (bicyclic) bond motifs is 1. The molecule has 2 amide bonds. The number of rotatable bonds is 11. The van der Waals surface area contributed by atoms with E-state index in [1.165, 1.54) is 0 Å². The van der Waals surface area contributed by atoms with Crippen LogP contribution in [0.5, 0.6) is 0 Å². The predicted octanol–water partition coefficient (Wildman–Crippen LogP) is 2.44. The molecule has 2 aromatic rings. The minimum atomic E-state index is -1.01. The summed E-state index contributed by atoms with van der Waals surface area (Å²) < 4.78 is 0. The molecule has 0 unspecified atom stereocenters. The number of hydrogen-bond donors (Lipinski definition) is 4. The minimum Gasteiger partial charge on any atom is -0.370 e. The Bertz CT molecular complexity index is 914. The molecule has 32 heavy (non-hydrogen) atoms. The van der Waals surface area contributed by atoms with Gasteiger partial charge in [0.15, 0.2) is 5.78 Å². The van der Waals surface area contributed by atoms with E-state index in [0.717, 1.165) is 16.5 Å². The number of aromatic amines is 1. The third kappa shape index (κ3) is 8.24. The van der Waals surface area contributed by atoms with Gasteiger partial charge in [-0.25, -0.2) is 0 Å². The fraction of sp³-hybridized carbons (Fsp3) is 0.522. The second-order valence-electron chi connectivity index (χ2n) is 8.74. The number of primary amides is 1. The summed E-state index contributed by atoms with van der Waals surface area (Å²) in [4.78, 5) is 40.7. The van der Waals surface area contributed by atoms with Crippen molar-refractivity contribution in [3.63, 3.8) is 0 Å². The Balaban J connectivity index is 0.00000480. The van der Waals surface area contributed by atoms with E-state index < -0.39 is 17.5 Å². The van der Waals surface area contributed by atoms with E-state index in [2.05, 4.69) is 15.6 Å². The first-order valence-electron chi connectivity index (χ1n) is 10.5. The van der Waals surface area contributed by atoms with Gasteiger partial charge in [-0.05, 0) is 38.8 Å². The molecule has 5 N–H and O–H groups in total. The number of nitrogens with one attached hydrogen (secondary N) is 3. The molecular weight excluding hydrogens is 748 g/mol. The van der Waals surface area contributed by atoms with Crippen LogP contribution in [0.4, 0.5) is 0 Å². The van der Waals surface area contributed by atoms with Crippen molar-refractivity contribution in [2.24, 2.45) is 11.7 Å². The molecule has 0 fully saturated rings. The number of para-hydroxylation sites is 1. The van der Waals surface area contributed by atoms with Crippen molar-refractivity contribution in [3.05, 3.63) is 36.0 Å². The van der Waals surface area contributed by atoms with Crippen molar-refractivity contribution in [2.75, 3.05) is 0 Å². The van der Waals surface area contributed by atoms with Gasteiger partial charge in [-0.1, -0.05) is 32.0 Å². The molecule has 0 aliphatic carbocycles. The molecule has 0 saturated heterocycles. The van der Waals surface area contributed by atoms with Gasteiger partial charge in [0.05, 0.1) is 11.6 Å². The molecule has 1 heterocycles. The maximum atomic E-state index is 13.3. The van der Waals surface area contributed by atoms with E-state index in [1.54, 1.807) is 6.92 Å². The van der Waals surface area contributed by atoms with E-state index in [1.807, 2.05) is 58.2 Å². The van der Waals surface area contributed by atoms with Gasteiger partial charge < -0.3 is 21.4 Å². The standard InChI is InChI=1S/C23H34N4O3.2W/c1-14(2)21(29)19(12-16-13-25-18-9-7-6-8-17(16)18)26-22(30)23(5,27-15(3)4)11-10-20(24)28;;/h6-9,13-15,19,25,27H,10-12H2,1-5H3,(H2,24,28)(H,26,30);;/t19-,23-;;/m0../s1. The third-order valence-corrected chi connectivity index (χ3v) is 5.30. The first-order valence-corrected chi connectivity index (χ1v) is 10.5. The average Bonchev–Trinajstić information content (AvgIpc) is 3.07. The van der Waals surface area contributed by atoms with E-state index in [-0.39, 0.29) is 78.6 Å². The molecular formula is C23H34N4O3W2. The van der Waals surface area contributed by atoms with Crippen LogP contribution < -0.4 is 16.4 Å². The molecule has 7 nitrogen and oxygen atoms in total. The van der Waals surface area contributed by atoms with E-state index in [0.29, 0.717) is 6.42 Å². The van der Waals surface area contributed by atoms with Gasteiger partial charge >= 0.3 is 0 Å². The number of benzene rings is 1. The zero-order valence-electron chi connectivity index (χ0n) is 19.4. The van der Waals surface area contributed by atoms with Gasteiger partial charge in [-0.3, -0.25) is 14.4 Å². The minimum absolute atomic E-state index is 0. The molecule has 0 saturated carbocycles. The molecule has 0 spiro atoms. The van der Waals surface area contributed by atoms with Crippen LogP contribution >= 0.6 is 0 Å². The molecule has 9 heteroatoms. The third-order valence-electron chi connectivity index (χ3n) is 5.30. The zero-order chi connectivity index (χ0) is 22.5. The Morgan fingerprint density at radius 2 is 1.72 bits per heavy atom. The monoisotopic (exact) mass is 782 g/mol. The molecule has 0 aliphatic heterocycles. The summed E-state index contributed by atoms with van der Waals surface area (Å²) in [5.74, 6) is -1.03. The van der Waals surface area contributed by atoms with Crippen LogP contribution in [-0.2, 0) is 62.9 Å². The summed E-state index contributed by atoms with van der Waals surface area (Å²) in [6.07, 6.45) is 2.60. The first-order chi connectivity index (χ1) is 14.0. The van der Waals surface area contributed by atoms with Gasteiger partial charge in [0, 0.05) is 84.0 Å². The number of aromatic nitrogens is 1. The van der Waals surface area contributed by atoms with Crippen LogP contribution in [-0.4, -0.2) is 40.2 Å². The Kier molecular flexibility index (Phi) is 12.9. The molecule has 2 atom stereocenters. The normalized spacial score (nSPS) is 13.7. The topological polar surface area (TPSA) is 117 Å². The van der Waals surface area contributed by atoms with Crippen LogP contribution in [0, 0.1) is 5.92 Å². The summed E-state index contributed by atoms with van der Waals surface area (Å²) in [7, 11) is 0. The van der Waals surface area contributed by atoms with Crippen molar-refractivity contribution >= 4 is 28.5 Å². The van der Waals surface area contributed by atoms with Gasteiger partial charge in [0.2, 0.25) is 11.8 Å². The Morgan fingerprint density at radius 1 is 1.09 bits per heavy atom. The van der Waals surface area contributed by atoms with Crippen LogP contribution in [0.15, 0.2) is 30.5 Å². The van der Waals surface area contributed by atoms with Crippen molar-refractivity contribution in [3.8, 4) is 0 Å². The van der Waals surface area contributed by atoms with Crippen molar-refractivity contribution < 1.29 is 56.5 Å². The number of H-pyrrole nitrogens is 1. The summed E-state index contributed by atoms with van der Waals surface area (Å²) in [5, 5.41) is 7.22. The van der Waals surface area contributed by atoms with Crippen LogP contribution in [0.25, 0.3) is 10.9 Å².